The molecule has 1 amide bonds. The van der Waals surface area contributed by atoms with Crippen LogP contribution in [0.2, 0.25) is 0 Å². The fraction of sp³-hybridized carbons (Fsp3) is 0.429. The third-order valence-corrected chi connectivity index (χ3v) is 5.18. The molecule has 1 atom stereocenters. The Morgan fingerprint density at radius 2 is 2.10 bits per heavy atom. The number of hydrogen-bond acceptors (Lipinski definition) is 6. The van der Waals surface area contributed by atoms with Gasteiger partial charge in [-0.05, 0) is 49.9 Å². The third-order valence-electron chi connectivity index (χ3n) is 5.18. The second-order valence-corrected chi connectivity index (χ2v) is 7.58. The van der Waals surface area contributed by atoms with Crippen molar-refractivity contribution in [2.24, 2.45) is 5.92 Å². The van der Waals surface area contributed by atoms with Crippen molar-refractivity contribution in [2.45, 2.75) is 33.2 Å². The number of nitrogens with zero attached hydrogens (tertiary/aromatic N) is 5. The molecule has 9 heteroatoms. The Labute approximate surface area is 174 Å². The van der Waals surface area contributed by atoms with E-state index in [1.54, 1.807) is 36.7 Å². The van der Waals surface area contributed by atoms with E-state index in [0.29, 0.717) is 29.7 Å². The van der Waals surface area contributed by atoms with Crippen molar-refractivity contribution in [2.75, 3.05) is 29.9 Å². The van der Waals surface area contributed by atoms with Gasteiger partial charge in [-0.3, -0.25) is 4.79 Å². The second-order valence-electron chi connectivity index (χ2n) is 7.58. The van der Waals surface area contributed by atoms with Crippen LogP contribution < -0.4 is 20.6 Å². The van der Waals surface area contributed by atoms with E-state index < -0.39 is 0 Å². The Bertz CT molecular complexity index is 1090. The van der Waals surface area contributed by atoms with Gasteiger partial charge in [0.1, 0.15) is 12.3 Å². The molecule has 0 spiro atoms. The lowest BCUT2D eigenvalue weighted by molar-refractivity contribution is -0.117. The SMILES string of the molecule is CCOc1ccc(NC(=O)Cn2nc3c(N4CCCC(C)C4)nccn3c2=O)cc1. The van der Waals surface area contributed by atoms with Gasteiger partial charge in [0.2, 0.25) is 11.6 Å². The molecule has 0 aliphatic carbocycles. The second kappa shape index (κ2) is 8.56. The molecule has 0 saturated carbocycles. The number of aromatic nitrogens is 4. The van der Waals surface area contributed by atoms with Gasteiger partial charge >= 0.3 is 5.69 Å². The molecule has 1 unspecified atom stereocenters. The molecule has 1 N–H and O–H groups in total. The van der Waals surface area contributed by atoms with Crippen molar-refractivity contribution in [3.05, 3.63) is 47.1 Å². The number of hydrogen-bond donors (Lipinski definition) is 1. The first-order valence-corrected chi connectivity index (χ1v) is 10.3. The highest BCUT2D eigenvalue weighted by molar-refractivity contribution is 5.90. The van der Waals surface area contributed by atoms with Gasteiger partial charge in [-0.25, -0.2) is 18.9 Å². The van der Waals surface area contributed by atoms with Crippen LogP contribution in [-0.2, 0) is 11.3 Å². The lowest BCUT2D eigenvalue weighted by Gasteiger charge is -2.31. The summed E-state index contributed by atoms with van der Waals surface area (Å²) in [4.78, 5) is 31.9. The molecule has 0 radical (unpaired) electrons. The van der Waals surface area contributed by atoms with Gasteiger partial charge in [-0.1, -0.05) is 6.92 Å². The van der Waals surface area contributed by atoms with E-state index in [4.69, 9.17) is 4.74 Å². The Hall–Kier alpha value is -3.36. The van der Waals surface area contributed by atoms with Crippen molar-refractivity contribution in [3.8, 4) is 5.75 Å². The van der Waals surface area contributed by atoms with Crippen LogP contribution in [0.15, 0.2) is 41.5 Å². The molecule has 0 bridgehead atoms. The summed E-state index contributed by atoms with van der Waals surface area (Å²) in [6.45, 7) is 6.29. The minimum atomic E-state index is -0.361. The Morgan fingerprint density at radius 1 is 1.30 bits per heavy atom. The molecule has 3 heterocycles. The molecule has 1 aliphatic rings. The van der Waals surface area contributed by atoms with Gasteiger partial charge in [-0.15, -0.1) is 5.10 Å². The number of carbonyl (C=O) groups excluding carboxylic acids is 1. The zero-order valence-electron chi connectivity index (χ0n) is 17.2. The third kappa shape index (κ3) is 4.14. The van der Waals surface area contributed by atoms with E-state index in [9.17, 15) is 9.59 Å². The van der Waals surface area contributed by atoms with Crippen LogP contribution in [0.25, 0.3) is 5.65 Å². The topological polar surface area (TPSA) is 93.8 Å². The van der Waals surface area contributed by atoms with E-state index in [0.717, 1.165) is 25.3 Å². The number of anilines is 2. The number of nitrogens with one attached hydrogen (secondary N) is 1. The van der Waals surface area contributed by atoms with Crippen LogP contribution in [-0.4, -0.2) is 44.8 Å². The number of ether oxygens (including phenoxy) is 1. The normalized spacial score (nSPS) is 16.6. The zero-order chi connectivity index (χ0) is 21.1. The van der Waals surface area contributed by atoms with Crippen molar-refractivity contribution in [1.29, 1.82) is 0 Å². The monoisotopic (exact) mass is 410 g/mol. The highest BCUT2D eigenvalue weighted by Gasteiger charge is 2.22. The Kier molecular flexibility index (Phi) is 5.69. The van der Waals surface area contributed by atoms with Gasteiger partial charge in [0, 0.05) is 31.2 Å². The Morgan fingerprint density at radius 3 is 2.83 bits per heavy atom. The molecular weight excluding hydrogens is 384 g/mol. The fourth-order valence-corrected chi connectivity index (χ4v) is 3.78. The lowest BCUT2D eigenvalue weighted by Crippen LogP contribution is -2.35. The number of fused-ring (bicyclic) bond motifs is 1. The average molecular weight is 410 g/mol. The summed E-state index contributed by atoms with van der Waals surface area (Å²) in [5.41, 5.74) is 0.746. The fourth-order valence-electron chi connectivity index (χ4n) is 3.78. The molecule has 1 aliphatic heterocycles. The van der Waals surface area contributed by atoms with Gasteiger partial charge in [-0.2, -0.15) is 0 Å². The quantitative estimate of drug-likeness (QED) is 0.669. The first-order chi connectivity index (χ1) is 14.5. The number of rotatable bonds is 6. The molecule has 4 rings (SSSR count). The summed E-state index contributed by atoms with van der Waals surface area (Å²) >= 11 is 0. The summed E-state index contributed by atoms with van der Waals surface area (Å²) in [5, 5.41) is 7.20. The number of carbonyl (C=O) groups is 1. The molecule has 1 aromatic carbocycles. The highest BCUT2D eigenvalue weighted by Crippen LogP contribution is 2.23. The van der Waals surface area contributed by atoms with Crippen LogP contribution in [0.1, 0.15) is 26.7 Å². The summed E-state index contributed by atoms with van der Waals surface area (Å²) in [7, 11) is 0. The van der Waals surface area contributed by atoms with Crippen molar-refractivity contribution < 1.29 is 9.53 Å². The highest BCUT2D eigenvalue weighted by atomic mass is 16.5. The predicted molar refractivity (Wildman–Crippen MR) is 114 cm³/mol. The maximum Gasteiger partial charge on any atom is 0.350 e. The number of benzene rings is 1. The summed E-state index contributed by atoms with van der Waals surface area (Å²) in [5.74, 6) is 1.66. The lowest BCUT2D eigenvalue weighted by atomic mass is 10.0. The largest absolute Gasteiger partial charge is 0.494 e. The first-order valence-electron chi connectivity index (χ1n) is 10.3. The predicted octanol–water partition coefficient (Wildman–Crippen LogP) is 2.16. The molecule has 1 saturated heterocycles. The summed E-state index contributed by atoms with van der Waals surface area (Å²) in [6, 6.07) is 7.09. The molecule has 2 aromatic heterocycles. The van der Waals surface area contributed by atoms with Crippen LogP contribution in [0.4, 0.5) is 11.5 Å². The molecule has 158 valence electrons. The van der Waals surface area contributed by atoms with Gasteiger partial charge in [0.25, 0.3) is 0 Å². The minimum Gasteiger partial charge on any atom is -0.494 e. The van der Waals surface area contributed by atoms with Crippen molar-refractivity contribution >= 4 is 23.1 Å². The number of piperidine rings is 1. The van der Waals surface area contributed by atoms with Crippen LogP contribution in [0.5, 0.6) is 5.75 Å². The maximum absolute atomic E-state index is 12.8. The smallest absolute Gasteiger partial charge is 0.350 e. The summed E-state index contributed by atoms with van der Waals surface area (Å²) in [6.07, 6.45) is 5.46. The van der Waals surface area contributed by atoms with E-state index in [1.807, 2.05) is 6.92 Å². The summed E-state index contributed by atoms with van der Waals surface area (Å²) < 4.78 is 8.03. The first kappa shape index (κ1) is 19.9. The van der Waals surface area contributed by atoms with E-state index in [2.05, 4.69) is 27.2 Å². The molecule has 30 heavy (non-hydrogen) atoms. The van der Waals surface area contributed by atoms with Crippen LogP contribution in [0.3, 0.4) is 0 Å². The zero-order valence-corrected chi connectivity index (χ0v) is 17.2. The van der Waals surface area contributed by atoms with Gasteiger partial charge in [0.05, 0.1) is 6.61 Å². The standard InChI is InChI=1S/C21H26N6O3/c1-3-30-17-8-6-16(7-9-17)23-18(28)14-27-21(29)26-12-10-22-19(20(26)24-27)25-11-4-5-15(2)13-25/h6-10,12,15H,3-5,11,13-14H2,1-2H3,(H,23,28). The number of amides is 1. The van der Waals surface area contributed by atoms with E-state index in [1.165, 1.54) is 15.5 Å². The van der Waals surface area contributed by atoms with E-state index in [-0.39, 0.29) is 18.1 Å². The Balaban J connectivity index is 1.53. The van der Waals surface area contributed by atoms with Crippen molar-refractivity contribution in [1.82, 2.24) is 19.2 Å². The van der Waals surface area contributed by atoms with Crippen LogP contribution in [0, 0.1) is 5.92 Å². The van der Waals surface area contributed by atoms with Crippen LogP contribution >= 0.6 is 0 Å². The molecule has 1 fully saturated rings. The van der Waals surface area contributed by atoms with Crippen molar-refractivity contribution in [3.63, 3.8) is 0 Å². The maximum atomic E-state index is 12.8. The van der Waals surface area contributed by atoms with Gasteiger partial charge in [0.15, 0.2) is 5.82 Å². The van der Waals surface area contributed by atoms with Gasteiger partial charge < -0.3 is 15.0 Å². The molecular formula is C21H26N6O3. The average Bonchev–Trinajstić information content (AvgIpc) is 3.05. The molecule has 9 nitrogen and oxygen atoms in total. The minimum absolute atomic E-state index is 0.177. The van der Waals surface area contributed by atoms with E-state index >= 15 is 0 Å². The molecule has 3 aromatic rings.